The Morgan fingerprint density at radius 3 is 2.76 bits per heavy atom. The highest BCUT2D eigenvalue weighted by Crippen LogP contribution is 2.51. The third kappa shape index (κ3) is 3.24. The summed E-state index contributed by atoms with van der Waals surface area (Å²) in [5, 5.41) is 3.85. The minimum absolute atomic E-state index is 0.164. The minimum atomic E-state index is 0.164. The fourth-order valence-corrected chi connectivity index (χ4v) is 5.72. The van der Waals surface area contributed by atoms with Crippen molar-refractivity contribution >= 4 is 28.8 Å². The number of ether oxygens (including phenoxy) is 1. The van der Waals surface area contributed by atoms with Crippen LogP contribution in [0, 0.1) is 5.92 Å². The van der Waals surface area contributed by atoms with E-state index < -0.39 is 0 Å². The van der Waals surface area contributed by atoms with E-state index in [1.165, 1.54) is 32.3 Å². The molecule has 2 aromatic rings. The van der Waals surface area contributed by atoms with Gasteiger partial charge in [0.1, 0.15) is 0 Å². The number of fused-ring (bicyclic) bond motifs is 3. The molecule has 134 valence electrons. The highest BCUT2D eigenvalue weighted by molar-refractivity contribution is 8.00. The van der Waals surface area contributed by atoms with Crippen molar-refractivity contribution in [2.75, 3.05) is 18.2 Å². The molecule has 3 atom stereocenters. The highest BCUT2D eigenvalue weighted by Gasteiger charge is 2.40. The van der Waals surface area contributed by atoms with Gasteiger partial charge in [-0.2, -0.15) is 0 Å². The second-order valence-corrected chi connectivity index (χ2v) is 10.4. The molecule has 2 nitrogen and oxygen atoms in total. The maximum absolute atomic E-state index is 6.32. The summed E-state index contributed by atoms with van der Waals surface area (Å²) in [5.74, 6) is 0.518. The van der Waals surface area contributed by atoms with Crippen LogP contribution in [0.4, 0.5) is 5.69 Å². The van der Waals surface area contributed by atoms with Gasteiger partial charge in [0.2, 0.25) is 0 Å². The van der Waals surface area contributed by atoms with Crippen LogP contribution in [-0.2, 0) is 10.2 Å². The van der Waals surface area contributed by atoms with Crippen molar-refractivity contribution in [1.82, 2.24) is 0 Å². The maximum Gasteiger partial charge on any atom is 0.0896 e. The van der Waals surface area contributed by atoms with Crippen LogP contribution in [0.15, 0.2) is 34.5 Å². The van der Waals surface area contributed by atoms with Gasteiger partial charge in [-0.05, 0) is 48.3 Å². The lowest BCUT2D eigenvalue weighted by Crippen LogP contribution is -2.35. The van der Waals surface area contributed by atoms with Crippen molar-refractivity contribution < 1.29 is 4.74 Å². The van der Waals surface area contributed by atoms with Crippen LogP contribution in [0.25, 0.3) is 0 Å². The van der Waals surface area contributed by atoms with Gasteiger partial charge >= 0.3 is 0 Å². The van der Waals surface area contributed by atoms with Gasteiger partial charge in [-0.1, -0.05) is 32.9 Å². The molecular formula is C21H27NOS2. The zero-order valence-corrected chi connectivity index (χ0v) is 17.1. The van der Waals surface area contributed by atoms with Crippen molar-refractivity contribution in [1.29, 1.82) is 0 Å². The Morgan fingerprint density at radius 1 is 1.20 bits per heavy atom. The summed E-state index contributed by atoms with van der Waals surface area (Å²) in [4.78, 5) is 1.44. The lowest BCUT2D eigenvalue weighted by molar-refractivity contribution is -0.0378. The Balaban J connectivity index is 1.75. The first-order chi connectivity index (χ1) is 12.0. The van der Waals surface area contributed by atoms with E-state index in [-0.39, 0.29) is 11.5 Å². The van der Waals surface area contributed by atoms with Crippen LogP contribution >= 0.6 is 23.1 Å². The molecule has 0 bridgehead atoms. The van der Waals surface area contributed by atoms with Crippen molar-refractivity contribution in [3.63, 3.8) is 0 Å². The quantitative estimate of drug-likeness (QED) is 0.615. The number of benzene rings is 1. The molecule has 2 aliphatic heterocycles. The van der Waals surface area contributed by atoms with Gasteiger partial charge in [-0.15, -0.1) is 23.1 Å². The first-order valence-corrected chi connectivity index (χ1v) is 11.2. The number of nitrogens with one attached hydrogen (secondary N) is 1. The van der Waals surface area contributed by atoms with Gasteiger partial charge in [-0.25, -0.2) is 0 Å². The summed E-state index contributed by atoms with van der Waals surface area (Å²) in [6.45, 7) is 7.72. The van der Waals surface area contributed by atoms with Gasteiger partial charge in [0.15, 0.2) is 0 Å². The molecule has 1 aromatic heterocycles. The van der Waals surface area contributed by atoms with E-state index in [4.69, 9.17) is 4.74 Å². The molecule has 4 rings (SSSR count). The number of anilines is 1. The molecule has 4 heteroatoms. The van der Waals surface area contributed by atoms with Crippen molar-refractivity contribution in [3.8, 4) is 0 Å². The standard InChI is InChI=1S/C21H27NOS2/c1-21(2,3)13-7-8-16-15(12-13)20-14(6-5-11-23-20)19(22-16)17-9-10-18(24-4)25-17/h7-10,12,14,19-20,22H,5-6,11H2,1-4H3. The van der Waals surface area contributed by atoms with Gasteiger partial charge in [0.25, 0.3) is 0 Å². The third-order valence-corrected chi connectivity index (χ3v) is 7.69. The molecule has 1 saturated heterocycles. The summed E-state index contributed by atoms with van der Waals surface area (Å²) in [6.07, 6.45) is 4.76. The zero-order valence-electron chi connectivity index (χ0n) is 15.5. The fraction of sp³-hybridized carbons (Fsp3) is 0.524. The Morgan fingerprint density at radius 2 is 2.04 bits per heavy atom. The Bertz CT molecular complexity index is 761. The molecule has 0 aliphatic carbocycles. The average Bonchev–Trinajstić information content (AvgIpc) is 3.09. The summed E-state index contributed by atoms with van der Waals surface area (Å²) in [5.41, 5.74) is 4.16. The Kier molecular flexibility index (Phi) is 4.63. The third-order valence-electron chi connectivity index (χ3n) is 5.44. The number of rotatable bonds is 2. The average molecular weight is 374 g/mol. The summed E-state index contributed by atoms with van der Waals surface area (Å²) < 4.78 is 7.71. The molecule has 25 heavy (non-hydrogen) atoms. The number of thiophene rings is 1. The van der Waals surface area contributed by atoms with Crippen molar-refractivity contribution in [3.05, 3.63) is 46.3 Å². The Hall–Kier alpha value is -0.970. The molecule has 0 saturated carbocycles. The van der Waals surface area contributed by atoms with Gasteiger partial charge < -0.3 is 10.1 Å². The molecular weight excluding hydrogens is 346 g/mol. The largest absolute Gasteiger partial charge is 0.377 e. The number of thioether (sulfide) groups is 1. The van der Waals surface area contributed by atoms with E-state index in [1.54, 1.807) is 0 Å². The van der Waals surface area contributed by atoms with E-state index in [1.807, 2.05) is 23.1 Å². The molecule has 3 heterocycles. The molecule has 0 amide bonds. The maximum atomic E-state index is 6.32. The van der Waals surface area contributed by atoms with Crippen LogP contribution in [0.3, 0.4) is 0 Å². The summed E-state index contributed by atoms with van der Waals surface area (Å²) in [6, 6.07) is 11.8. The SMILES string of the molecule is CSc1ccc(C2Nc3ccc(C(C)(C)C)cc3C3OCCCC23)s1. The first-order valence-electron chi connectivity index (χ1n) is 9.13. The van der Waals surface area contributed by atoms with E-state index in [0.29, 0.717) is 12.0 Å². The lowest BCUT2D eigenvalue weighted by atomic mass is 9.77. The van der Waals surface area contributed by atoms with E-state index in [2.05, 4.69) is 62.7 Å². The predicted molar refractivity (Wildman–Crippen MR) is 109 cm³/mol. The molecule has 1 fully saturated rings. The van der Waals surface area contributed by atoms with Crippen LogP contribution in [0.5, 0.6) is 0 Å². The van der Waals surface area contributed by atoms with Gasteiger partial charge in [0, 0.05) is 28.7 Å². The summed E-state index contributed by atoms with van der Waals surface area (Å²) >= 11 is 3.75. The molecule has 0 spiro atoms. The predicted octanol–water partition coefficient (Wildman–Crippen LogP) is 6.40. The lowest BCUT2D eigenvalue weighted by Gasteiger charge is -2.43. The molecule has 3 unspecified atom stereocenters. The number of hydrogen-bond donors (Lipinski definition) is 1. The van der Waals surface area contributed by atoms with Crippen LogP contribution < -0.4 is 5.32 Å². The first kappa shape index (κ1) is 17.4. The second kappa shape index (κ2) is 6.64. The van der Waals surface area contributed by atoms with Crippen LogP contribution in [0.2, 0.25) is 0 Å². The topological polar surface area (TPSA) is 21.3 Å². The molecule has 0 radical (unpaired) electrons. The van der Waals surface area contributed by atoms with Gasteiger partial charge in [-0.3, -0.25) is 0 Å². The van der Waals surface area contributed by atoms with Crippen LogP contribution in [-0.4, -0.2) is 12.9 Å². The van der Waals surface area contributed by atoms with E-state index in [0.717, 1.165) is 13.0 Å². The van der Waals surface area contributed by atoms with Crippen molar-refractivity contribution in [2.24, 2.45) is 5.92 Å². The van der Waals surface area contributed by atoms with E-state index >= 15 is 0 Å². The van der Waals surface area contributed by atoms with Crippen molar-refractivity contribution in [2.45, 2.75) is 55.4 Å². The summed E-state index contributed by atoms with van der Waals surface area (Å²) in [7, 11) is 0. The van der Waals surface area contributed by atoms with E-state index in [9.17, 15) is 0 Å². The molecule has 1 N–H and O–H groups in total. The van der Waals surface area contributed by atoms with Crippen LogP contribution in [0.1, 0.15) is 61.8 Å². The normalized spacial score (nSPS) is 25.8. The Labute approximate surface area is 159 Å². The monoisotopic (exact) mass is 373 g/mol. The number of hydrogen-bond acceptors (Lipinski definition) is 4. The zero-order chi connectivity index (χ0) is 17.6. The molecule has 1 aromatic carbocycles. The van der Waals surface area contributed by atoms with Gasteiger partial charge in [0.05, 0.1) is 16.4 Å². The second-order valence-electron chi connectivity index (χ2n) is 8.13. The minimum Gasteiger partial charge on any atom is -0.377 e. The smallest absolute Gasteiger partial charge is 0.0896 e. The fourth-order valence-electron chi connectivity index (χ4n) is 4.03. The molecule has 2 aliphatic rings. The highest BCUT2D eigenvalue weighted by atomic mass is 32.2.